The second kappa shape index (κ2) is 8.86. The molecule has 2 unspecified atom stereocenters. The number of hydrazine groups is 1. The van der Waals surface area contributed by atoms with Crippen LogP contribution in [0.5, 0.6) is 0 Å². The molecule has 0 saturated carbocycles. The molecule has 1 fully saturated rings. The van der Waals surface area contributed by atoms with Gasteiger partial charge in [-0.15, -0.1) is 0 Å². The molecule has 5 heterocycles. The normalized spacial score (nSPS) is 22.9. The molecule has 1 amide bonds. The molecular formula is C23H33N11O. The third-order valence-corrected chi connectivity index (χ3v) is 6.22. The molecule has 12 heteroatoms. The van der Waals surface area contributed by atoms with Crippen LogP contribution in [0.1, 0.15) is 32.5 Å². The highest BCUT2D eigenvalue weighted by atomic mass is 16.2. The van der Waals surface area contributed by atoms with E-state index in [4.69, 9.17) is 0 Å². The number of likely N-dealkylation sites (tertiary alicyclic amines) is 1. The minimum atomic E-state index is -0.215. The van der Waals surface area contributed by atoms with E-state index in [2.05, 4.69) is 67.3 Å². The first-order valence-corrected chi connectivity index (χ1v) is 11.7. The van der Waals surface area contributed by atoms with Gasteiger partial charge in [-0.3, -0.25) is 14.7 Å². The van der Waals surface area contributed by atoms with E-state index in [-0.39, 0.29) is 18.1 Å². The van der Waals surface area contributed by atoms with Crippen molar-refractivity contribution in [3.05, 3.63) is 48.0 Å². The first-order valence-electron chi connectivity index (χ1n) is 11.7. The second-order valence-corrected chi connectivity index (χ2v) is 10.2. The zero-order valence-electron chi connectivity index (χ0n) is 20.8. The van der Waals surface area contributed by atoms with Gasteiger partial charge in [-0.05, 0) is 18.4 Å². The molecule has 0 radical (unpaired) electrons. The van der Waals surface area contributed by atoms with Gasteiger partial charge in [0, 0.05) is 51.5 Å². The van der Waals surface area contributed by atoms with Crippen molar-refractivity contribution in [3.63, 3.8) is 0 Å². The maximum Gasteiger partial charge on any atom is 0.238 e. The van der Waals surface area contributed by atoms with Gasteiger partial charge in [-0.25, -0.2) is 15.4 Å². The number of anilines is 3. The zero-order chi connectivity index (χ0) is 24.7. The highest BCUT2D eigenvalue weighted by Crippen LogP contribution is 2.30. The molecule has 186 valence electrons. The third-order valence-electron chi connectivity index (χ3n) is 6.22. The van der Waals surface area contributed by atoms with Gasteiger partial charge in [-0.1, -0.05) is 13.8 Å². The molecule has 0 bridgehead atoms. The van der Waals surface area contributed by atoms with Crippen molar-refractivity contribution in [1.29, 1.82) is 0 Å². The number of hydrogen-bond donors (Lipinski definition) is 5. The summed E-state index contributed by atoms with van der Waals surface area (Å²) < 4.78 is 1.85. The van der Waals surface area contributed by atoms with E-state index in [0.717, 1.165) is 35.9 Å². The summed E-state index contributed by atoms with van der Waals surface area (Å²) in [5, 5.41) is 14.9. The lowest BCUT2D eigenvalue weighted by molar-refractivity contribution is -0.124. The summed E-state index contributed by atoms with van der Waals surface area (Å²) in [5.74, 6) is 1.92. The Balaban J connectivity index is 1.23. The van der Waals surface area contributed by atoms with Crippen molar-refractivity contribution in [2.75, 3.05) is 37.0 Å². The maximum absolute atomic E-state index is 12.5. The van der Waals surface area contributed by atoms with Crippen LogP contribution < -0.4 is 31.7 Å². The molecule has 1 saturated heterocycles. The number of fused-ring (bicyclic) bond motifs is 1. The minimum Gasteiger partial charge on any atom is -0.381 e. The first kappa shape index (κ1) is 23.1. The topological polar surface area (TPSA) is 127 Å². The Morgan fingerprint density at radius 2 is 2.06 bits per heavy atom. The molecule has 3 aliphatic heterocycles. The molecule has 0 aromatic carbocycles. The van der Waals surface area contributed by atoms with Crippen LogP contribution in [0, 0.1) is 5.41 Å². The smallest absolute Gasteiger partial charge is 0.238 e. The van der Waals surface area contributed by atoms with Crippen LogP contribution in [0.25, 0.3) is 0 Å². The molecule has 0 spiro atoms. The number of nitrogens with zero attached hydrogens (tertiary/aromatic N) is 6. The van der Waals surface area contributed by atoms with Gasteiger partial charge < -0.3 is 25.8 Å². The van der Waals surface area contributed by atoms with E-state index < -0.39 is 0 Å². The van der Waals surface area contributed by atoms with E-state index in [1.807, 2.05) is 42.1 Å². The molecule has 3 aliphatic rings. The molecule has 2 aromatic heterocycles. The van der Waals surface area contributed by atoms with Crippen molar-refractivity contribution < 1.29 is 4.79 Å². The van der Waals surface area contributed by atoms with Crippen LogP contribution >= 0.6 is 0 Å². The number of rotatable bonds is 7. The van der Waals surface area contributed by atoms with Gasteiger partial charge in [0.25, 0.3) is 0 Å². The standard InChI is InChI=1S/C23H33N11O/c1-14-17(6-15(7-24-14)27-19(35)10-34-11-23(2,3)12-34)28-20-16-8-25-22(30-21(16)33(5)31-20)29-18-9-32(4)13-26-18/h6-9,13-14,20,24,28,31H,10-12H2,1-5H3,(H,27,35)(H,25,29,30). The quantitative estimate of drug-likeness (QED) is 0.387. The van der Waals surface area contributed by atoms with Gasteiger partial charge in [0.1, 0.15) is 6.17 Å². The number of nitrogens with one attached hydrogen (secondary N) is 5. The van der Waals surface area contributed by atoms with Crippen LogP contribution in [0.4, 0.5) is 17.6 Å². The number of carbonyl (C=O) groups excluding carboxylic acids is 1. The van der Waals surface area contributed by atoms with Crippen molar-refractivity contribution >= 4 is 23.5 Å². The lowest BCUT2D eigenvalue weighted by atomic mass is 9.84. The average Bonchev–Trinajstić information content (AvgIpc) is 3.31. The second-order valence-electron chi connectivity index (χ2n) is 10.2. The molecule has 2 atom stereocenters. The fraction of sp³-hybridized carbons (Fsp3) is 0.478. The van der Waals surface area contributed by atoms with E-state index in [9.17, 15) is 4.79 Å². The Morgan fingerprint density at radius 3 is 2.77 bits per heavy atom. The van der Waals surface area contributed by atoms with E-state index in [1.54, 1.807) is 12.5 Å². The number of allylic oxidation sites excluding steroid dienone is 1. The van der Waals surface area contributed by atoms with Crippen LogP contribution in [0.15, 0.2) is 42.4 Å². The minimum absolute atomic E-state index is 0.0101. The van der Waals surface area contributed by atoms with Crippen molar-refractivity contribution in [2.24, 2.45) is 12.5 Å². The van der Waals surface area contributed by atoms with Gasteiger partial charge in [0.15, 0.2) is 11.6 Å². The monoisotopic (exact) mass is 479 g/mol. The fourth-order valence-electron chi connectivity index (χ4n) is 4.66. The number of carbonyl (C=O) groups is 1. The van der Waals surface area contributed by atoms with Crippen LogP contribution in [0.2, 0.25) is 0 Å². The van der Waals surface area contributed by atoms with Crippen molar-refractivity contribution in [1.82, 2.24) is 45.8 Å². The third kappa shape index (κ3) is 5.08. The SMILES string of the molecule is CC1NC=C(NC(=O)CN2CC(C)(C)C2)C=C1NC1NN(C)c2nc(Nc3cn(C)cn3)ncc21. The van der Waals surface area contributed by atoms with Crippen LogP contribution in [-0.4, -0.2) is 63.0 Å². The highest BCUT2D eigenvalue weighted by molar-refractivity contribution is 5.80. The molecule has 2 aromatic rings. The highest BCUT2D eigenvalue weighted by Gasteiger charge is 2.35. The molecule has 5 rings (SSSR count). The first-order chi connectivity index (χ1) is 16.6. The number of dihydropyridines is 1. The number of aryl methyl sites for hydroxylation is 1. The fourth-order valence-corrected chi connectivity index (χ4v) is 4.66. The summed E-state index contributed by atoms with van der Waals surface area (Å²) in [5.41, 5.74) is 6.28. The Hall–Kier alpha value is -3.64. The number of amides is 1. The van der Waals surface area contributed by atoms with Crippen molar-refractivity contribution in [2.45, 2.75) is 33.0 Å². The lowest BCUT2D eigenvalue weighted by Crippen LogP contribution is -2.55. The predicted octanol–water partition coefficient (Wildman–Crippen LogP) is 0.671. The Labute approximate surface area is 204 Å². The average molecular weight is 480 g/mol. The molecule has 5 N–H and O–H groups in total. The summed E-state index contributed by atoms with van der Waals surface area (Å²) in [7, 11) is 3.82. The molecule has 0 aliphatic carbocycles. The zero-order valence-corrected chi connectivity index (χ0v) is 20.8. The summed E-state index contributed by atoms with van der Waals surface area (Å²) in [6.45, 7) is 8.78. The predicted molar refractivity (Wildman–Crippen MR) is 133 cm³/mol. The maximum atomic E-state index is 12.5. The van der Waals surface area contributed by atoms with E-state index >= 15 is 0 Å². The Bertz CT molecular complexity index is 1180. The number of hydrogen-bond acceptors (Lipinski definition) is 10. The number of aromatic nitrogens is 4. The largest absolute Gasteiger partial charge is 0.381 e. The summed E-state index contributed by atoms with van der Waals surface area (Å²) in [6, 6.07) is 0.0500. The summed E-state index contributed by atoms with van der Waals surface area (Å²) in [4.78, 5) is 28.0. The van der Waals surface area contributed by atoms with Crippen LogP contribution in [0.3, 0.4) is 0 Å². The Morgan fingerprint density at radius 1 is 1.26 bits per heavy atom. The summed E-state index contributed by atoms with van der Waals surface area (Å²) >= 11 is 0. The Kier molecular flexibility index (Phi) is 5.85. The molecular weight excluding hydrogens is 446 g/mol. The van der Waals surface area contributed by atoms with Gasteiger partial charge in [0.2, 0.25) is 11.9 Å². The number of imidazole rings is 1. The van der Waals surface area contributed by atoms with Crippen molar-refractivity contribution in [3.8, 4) is 0 Å². The molecule has 35 heavy (non-hydrogen) atoms. The lowest BCUT2D eigenvalue weighted by Gasteiger charge is -2.45. The summed E-state index contributed by atoms with van der Waals surface area (Å²) in [6.07, 6.45) is 8.98. The van der Waals surface area contributed by atoms with Gasteiger partial charge >= 0.3 is 0 Å². The molecule has 12 nitrogen and oxygen atoms in total. The van der Waals surface area contributed by atoms with Gasteiger partial charge in [0.05, 0.1) is 30.2 Å². The van der Waals surface area contributed by atoms with E-state index in [0.29, 0.717) is 23.7 Å². The van der Waals surface area contributed by atoms with Gasteiger partial charge in [-0.2, -0.15) is 4.98 Å². The van der Waals surface area contributed by atoms with Crippen LogP contribution in [-0.2, 0) is 11.8 Å². The van der Waals surface area contributed by atoms with E-state index in [1.165, 1.54) is 0 Å².